The van der Waals surface area contributed by atoms with E-state index in [-0.39, 0.29) is 49.9 Å². The smallest absolute Gasteiger partial charge is 0.316 e. The van der Waals surface area contributed by atoms with E-state index in [1.54, 1.807) is 33.3 Å². The molecule has 0 aromatic rings. The largest absolute Gasteiger partial charge is 0.462 e. The number of methoxy groups -OCH3 is 2. The van der Waals surface area contributed by atoms with Gasteiger partial charge in [0.15, 0.2) is 24.7 Å². The van der Waals surface area contributed by atoms with Crippen molar-refractivity contribution in [3.8, 4) is 0 Å². The molecule has 0 radical (unpaired) electrons. The molecule has 0 aromatic carbocycles. The van der Waals surface area contributed by atoms with Gasteiger partial charge in [0.2, 0.25) is 0 Å². The van der Waals surface area contributed by atoms with Gasteiger partial charge in [-0.1, -0.05) is 70.6 Å². The molecule has 17 nitrogen and oxygen atoms in total. The zero-order chi connectivity index (χ0) is 52.1. The van der Waals surface area contributed by atoms with Crippen LogP contribution in [0.3, 0.4) is 0 Å². The second-order valence-corrected chi connectivity index (χ2v) is 21.3. The average Bonchev–Trinajstić information content (AvgIpc) is 3.69. The lowest BCUT2D eigenvalue weighted by Crippen LogP contribution is -2.64. The highest BCUT2D eigenvalue weighted by molar-refractivity contribution is 5.78. The summed E-state index contributed by atoms with van der Waals surface area (Å²) in [7, 11) is 3.22. The quantitative estimate of drug-likeness (QED) is 0.0829. The van der Waals surface area contributed by atoms with E-state index in [1.807, 2.05) is 52.8 Å². The number of hydrogen-bond donors (Lipinski definition) is 4. The van der Waals surface area contributed by atoms with E-state index < -0.39 is 109 Å². The number of rotatable bonds is 16. The molecular formula is C55H87NO16. The van der Waals surface area contributed by atoms with E-state index in [9.17, 15) is 20.1 Å². The first-order valence-electron chi connectivity index (χ1n) is 26.7. The molecule has 1 unspecified atom stereocenters. The highest BCUT2D eigenvalue weighted by atomic mass is 16.7. The van der Waals surface area contributed by atoms with E-state index >= 15 is 0 Å². The van der Waals surface area contributed by atoms with Crippen LogP contribution < -0.4 is 5.32 Å². The first-order chi connectivity index (χ1) is 34.3. The van der Waals surface area contributed by atoms with Gasteiger partial charge in [-0.3, -0.25) is 4.79 Å². The molecule has 20 atom stereocenters. The minimum Gasteiger partial charge on any atom is -0.462 e. The van der Waals surface area contributed by atoms with Crippen LogP contribution in [0.1, 0.15) is 108 Å². The van der Waals surface area contributed by atoms with Crippen LogP contribution >= 0.6 is 0 Å². The summed E-state index contributed by atoms with van der Waals surface area (Å²) in [5.74, 6) is -2.65. The molecule has 0 aromatic heterocycles. The van der Waals surface area contributed by atoms with Gasteiger partial charge in [-0.2, -0.15) is 0 Å². The number of nitrogens with one attached hydrogen (secondary N) is 1. The summed E-state index contributed by atoms with van der Waals surface area (Å²) >= 11 is 0. The van der Waals surface area contributed by atoms with Gasteiger partial charge in [0.25, 0.3) is 0 Å². The van der Waals surface area contributed by atoms with Crippen LogP contribution in [0.15, 0.2) is 59.3 Å². The molecule has 72 heavy (non-hydrogen) atoms. The van der Waals surface area contributed by atoms with Crippen molar-refractivity contribution in [2.45, 2.75) is 211 Å². The summed E-state index contributed by atoms with van der Waals surface area (Å²) in [6.07, 6.45) is 7.86. The number of aliphatic hydroxyl groups excluding tert-OH is 1. The molecule has 0 amide bonds. The highest BCUT2D eigenvalue weighted by Crippen LogP contribution is 2.47. The Kier molecular flexibility index (Phi) is 19.7. The van der Waals surface area contributed by atoms with Gasteiger partial charge in [0.1, 0.15) is 41.5 Å². The zero-order valence-electron chi connectivity index (χ0n) is 44.9. The van der Waals surface area contributed by atoms with Gasteiger partial charge >= 0.3 is 5.97 Å². The molecule has 1 spiro atoms. The number of esters is 1. The molecule has 7 rings (SSSR count). The molecule has 4 N–H and O–H groups in total. The Hall–Kier alpha value is -2.43. The third-order valence-electron chi connectivity index (χ3n) is 16.3. The number of aliphatic hydroxyl groups is 3. The number of hydrogen-bond acceptors (Lipinski definition) is 17. The Morgan fingerprint density at radius 3 is 2.32 bits per heavy atom. The Bertz CT molecular complexity index is 1950. The number of carbonyl (C=O) groups excluding carboxylic acids is 1. The maximum absolute atomic E-state index is 14.4. The standard InChI is InChI=1S/C55H87NO16/c1-13-31(4)49-34(7)21-22-53(72-49)27-40-24-39(71-53)20-19-33(6)48(32(5)17-16-18-38-29-65-51-47(57)35(8)23-41(52(58)68-40)55(38,51)60)69-44-25-42(61-11)50(36(9)66-44)70-45-26-43(62-12)54(59,37(10)67-45)30-56-28-46(63-14-2)64-15-3/h16-19,21-23,31-32,34,36-37,39-51,56-57,59-60H,13-15,20,24-30H2,1-12H3/b17-16+,33-19+,38-18+/t31?,32-,34-,36-,37-,39+,40-,41-,42-,43-,44-,45-,47+,48-,49+,50-,51+,53+,54+,55+/m0/s1. The summed E-state index contributed by atoms with van der Waals surface area (Å²) in [5, 5.41) is 39.0. The second-order valence-electron chi connectivity index (χ2n) is 21.3. The Labute approximate surface area is 427 Å². The molecule has 2 bridgehead atoms. The third-order valence-corrected chi connectivity index (χ3v) is 16.3. The van der Waals surface area contributed by atoms with Crippen molar-refractivity contribution in [2.24, 2.45) is 23.7 Å². The second kappa shape index (κ2) is 24.7. The van der Waals surface area contributed by atoms with E-state index in [2.05, 4.69) is 45.2 Å². The fraction of sp³-hybridized carbons (Fsp3) is 0.800. The first kappa shape index (κ1) is 57.3. The van der Waals surface area contributed by atoms with Crippen molar-refractivity contribution >= 4 is 5.97 Å². The average molecular weight is 1020 g/mol. The minimum atomic E-state index is -1.85. The van der Waals surface area contributed by atoms with Gasteiger partial charge < -0.3 is 77.5 Å². The van der Waals surface area contributed by atoms with E-state index in [1.165, 1.54) is 0 Å². The number of allylic oxidation sites excluding steroid dienone is 2. The summed E-state index contributed by atoms with van der Waals surface area (Å²) in [5.41, 5.74) is -1.27. The van der Waals surface area contributed by atoms with E-state index in [0.29, 0.717) is 50.2 Å². The number of ether oxygens (including phenoxy) is 12. The maximum Gasteiger partial charge on any atom is 0.316 e. The zero-order valence-corrected chi connectivity index (χ0v) is 44.9. The third kappa shape index (κ3) is 12.4. The summed E-state index contributed by atoms with van der Waals surface area (Å²) in [4.78, 5) is 14.4. The molecular weight excluding hydrogens is 931 g/mol. The summed E-state index contributed by atoms with van der Waals surface area (Å²) in [6.45, 7) is 21.5. The van der Waals surface area contributed by atoms with E-state index in [4.69, 9.17) is 56.8 Å². The molecule has 7 aliphatic rings. The van der Waals surface area contributed by atoms with Crippen LogP contribution in [0.2, 0.25) is 0 Å². The van der Waals surface area contributed by atoms with Crippen molar-refractivity contribution < 1.29 is 77.0 Å². The summed E-state index contributed by atoms with van der Waals surface area (Å²) in [6, 6.07) is 0. The van der Waals surface area contributed by atoms with Crippen molar-refractivity contribution in [1.29, 1.82) is 0 Å². The SMILES string of the molecule is CCOC(CNC[C@@]1(O)[C@H](C)O[C@@H](O[C@H]2[C@H](C)O[C@@H](O[C@@H]3/C(C)=C/C[C@@H]4C[C@@H](C[C@]5(C=C[C@H](C)[C@@H](C(C)CC)O5)O4)OC(=O)[C@@H]4C=C(C)[C@@H](O)[C@H]5OC/C(=C\C=C\[C@@H]3C)[C@]54O)C[C@@H]2OC)C[C@@H]1OC)OCC. The highest BCUT2D eigenvalue weighted by Gasteiger charge is 2.60. The fourth-order valence-electron chi connectivity index (χ4n) is 11.8. The summed E-state index contributed by atoms with van der Waals surface area (Å²) < 4.78 is 76.3. The van der Waals surface area contributed by atoms with Crippen molar-refractivity contribution in [2.75, 3.05) is 47.1 Å². The number of carbonyl (C=O) groups is 1. The van der Waals surface area contributed by atoms with Crippen LogP contribution in [-0.2, 0) is 61.6 Å². The predicted molar refractivity (Wildman–Crippen MR) is 266 cm³/mol. The van der Waals surface area contributed by atoms with Gasteiger partial charge in [-0.15, -0.1) is 0 Å². The van der Waals surface area contributed by atoms with Gasteiger partial charge in [0, 0.05) is 78.0 Å². The number of fused-ring (bicyclic) bond motifs is 2. The molecule has 6 aliphatic heterocycles. The molecule has 6 heterocycles. The van der Waals surface area contributed by atoms with Gasteiger partial charge in [-0.05, 0) is 76.7 Å². The van der Waals surface area contributed by atoms with Crippen LogP contribution in [0.25, 0.3) is 0 Å². The Morgan fingerprint density at radius 2 is 1.62 bits per heavy atom. The Balaban J connectivity index is 1.11. The monoisotopic (exact) mass is 1020 g/mol. The Morgan fingerprint density at radius 1 is 0.889 bits per heavy atom. The lowest BCUT2D eigenvalue weighted by Gasteiger charge is -2.48. The van der Waals surface area contributed by atoms with Gasteiger partial charge in [-0.25, -0.2) is 0 Å². The topological polar surface area (TPSA) is 201 Å². The molecule has 4 saturated heterocycles. The van der Waals surface area contributed by atoms with Crippen molar-refractivity contribution in [3.63, 3.8) is 0 Å². The fourth-order valence-corrected chi connectivity index (χ4v) is 11.8. The van der Waals surface area contributed by atoms with Crippen LogP contribution in [-0.4, -0.2) is 171 Å². The first-order valence-corrected chi connectivity index (χ1v) is 26.7. The molecule has 408 valence electrons. The van der Waals surface area contributed by atoms with Crippen LogP contribution in [0, 0.1) is 23.7 Å². The van der Waals surface area contributed by atoms with Gasteiger partial charge in [0.05, 0.1) is 49.3 Å². The molecule has 4 fully saturated rings. The lowest BCUT2D eigenvalue weighted by molar-refractivity contribution is -0.331. The molecule has 17 heteroatoms. The molecule has 0 saturated carbocycles. The van der Waals surface area contributed by atoms with Crippen LogP contribution in [0.4, 0.5) is 0 Å². The maximum atomic E-state index is 14.4. The van der Waals surface area contributed by atoms with E-state index in [0.717, 1.165) is 12.0 Å². The predicted octanol–water partition coefficient (Wildman–Crippen LogP) is 5.74. The lowest BCUT2D eigenvalue weighted by atomic mass is 9.71. The minimum absolute atomic E-state index is 0.0196. The van der Waals surface area contributed by atoms with Crippen LogP contribution in [0.5, 0.6) is 0 Å². The normalized spacial score (nSPS) is 45.1. The van der Waals surface area contributed by atoms with Crippen molar-refractivity contribution in [1.82, 2.24) is 5.32 Å². The molecule has 1 aliphatic carbocycles. The van der Waals surface area contributed by atoms with Crippen molar-refractivity contribution in [3.05, 3.63) is 59.3 Å².